The second kappa shape index (κ2) is 6.96. The van der Waals surface area contributed by atoms with Crippen molar-refractivity contribution in [2.24, 2.45) is 0 Å². The number of aromatic nitrogens is 1. The maximum atomic E-state index is 11.9. The molecule has 1 rings (SSSR count). The summed E-state index contributed by atoms with van der Waals surface area (Å²) in [6.45, 7) is 5.87. The van der Waals surface area contributed by atoms with E-state index in [9.17, 15) is 4.79 Å². The number of carbonyl (C=O) groups excluding carboxylic acids is 1. The first-order valence-electron chi connectivity index (χ1n) is 6.37. The third-order valence-electron chi connectivity index (χ3n) is 2.96. The summed E-state index contributed by atoms with van der Waals surface area (Å²) in [5.41, 5.74) is 5.76. The van der Waals surface area contributed by atoms with E-state index in [2.05, 4.69) is 10.3 Å². The molecule has 1 aromatic rings. The standard InChI is InChI=1S/C14H17N5OS/c1-4-14(2,3)19-11(20)8-21-13-10(7-16)5-9(6-15)12(17)18-13/h5H,4,8H2,1-3H3,(H2,17,18)(H,19,20). The van der Waals surface area contributed by atoms with Gasteiger partial charge in [0.25, 0.3) is 0 Å². The van der Waals surface area contributed by atoms with Gasteiger partial charge in [0.05, 0.1) is 16.9 Å². The lowest BCUT2D eigenvalue weighted by Gasteiger charge is -2.24. The van der Waals surface area contributed by atoms with E-state index in [1.807, 2.05) is 32.9 Å². The largest absolute Gasteiger partial charge is 0.383 e. The molecule has 0 bridgehead atoms. The Morgan fingerprint density at radius 2 is 2.05 bits per heavy atom. The minimum atomic E-state index is -0.271. The van der Waals surface area contributed by atoms with Gasteiger partial charge in [-0.25, -0.2) is 4.98 Å². The van der Waals surface area contributed by atoms with Crippen LogP contribution in [0.5, 0.6) is 0 Å². The highest BCUT2D eigenvalue weighted by atomic mass is 32.2. The first-order valence-corrected chi connectivity index (χ1v) is 7.36. The van der Waals surface area contributed by atoms with Gasteiger partial charge in [-0.1, -0.05) is 18.7 Å². The van der Waals surface area contributed by atoms with Crippen LogP contribution in [-0.4, -0.2) is 22.2 Å². The van der Waals surface area contributed by atoms with Crippen LogP contribution in [0.15, 0.2) is 11.1 Å². The highest BCUT2D eigenvalue weighted by molar-refractivity contribution is 8.00. The number of amides is 1. The summed E-state index contributed by atoms with van der Waals surface area (Å²) in [7, 11) is 0. The number of nitrogens with zero attached hydrogens (tertiary/aromatic N) is 3. The number of nitrogens with two attached hydrogens (primary N) is 1. The highest BCUT2D eigenvalue weighted by Gasteiger charge is 2.18. The Hall–Kier alpha value is -2.25. The average molecular weight is 303 g/mol. The molecule has 7 heteroatoms. The lowest BCUT2D eigenvalue weighted by molar-refractivity contribution is -0.120. The van der Waals surface area contributed by atoms with Crippen LogP contribution in [0, 0.1) is 22.7 Å². The first kappa shape index (κ1) is 16.8. The van der Waals surface area contributed by atoms with Crippen molar-refractivity contribution >= 4 is 23.5 Å². The molecule has 0 saturated heterocycles. The summed E-state index contributed by atoms with van der Waals surface area (Å²) >= 11 is 1.13. The molecule has 0 radical (unpaired) electrons. The van der Waals surface area contributed by atoms with Gasteiger partial charge in [-0.2, -0.15) is 10.5 Å². The average Bonchev–Trinajstić information content (AvgIpc) is 2.44. The molecule has 6 nitrogen and oxygen atoms in total. The minimum absolute atomic E-state index is 0.0632. The van der Waals surface area contributed by atoms with Crippen molar-refractivity contribution in [2.75, 3.05) is 11.5 Å². The molecule has 0 aliphatic carbocycles. The van der Waals surface area contributed by atoms with E-state index >= 15 is 0 Å². The number of pyridine rings is 1. The van der Waals surface area contributed by atoms with Crippen LogP contribution in [0.4, 0.5) is 5.82 Å². The van der Waals surface area contributed by atoms with E-state index in [4.69, 9.17) is 16.3 Å². The number of hydrogen-bond donors (Lipinski definition) is 2. The van der Waals surface area contributed by atoms with Gasteiger partial charge in [0, 0.05) is 5.54 Å². The van der Waals surface area contributed by atoms with E-state index in [1.165, 1.54) is 6.07 Å². The molecule has 0 aliphatic heterocycles. The van der Waals surface area contributed by atoms with Crippen LogP contribution in [-0.2, 0) is 4.79 Å². The topological polar surface area (TPSA) is 116 Å². The van der Waals surface area contributed by atoms with E-state index in [0.29, 0.717) is 5.03 Å². The molecule has 0 spiro atoms. The van der Waals surface area contributed by atoms with Crippen molar-refractivity contribution in [1.29, 1.82) is 10.5 Å². The van der Waals surface area contributed by atoms with Crippen molar-refractivity contribution in [2.45, 2.75) is 37.8 Å². The summed E-state index contributed by atoms with van der Waals surface area (Å²) in [4.78, 5) is 15.9. The van der Waals surface area contributed by atoms with Crippen molar-refractivity contribution in [3.63, 3.8) is 0 Å². The molecule has 0 fully saturated rings. The van der Waals surface area contributed by atoms with E-state index in [0.717, 1.165) is 18.2 Å². The lowest BCUT2D eigenvalue weighted by Crippen LogP contribution is -2.43. The number of rotatable bonds is 5. The third kappa shape index (κ3) is 4.66. The van der Waals surface area contributed by atoms with E-state index in [1.54, 1.807) is 0 Å². The molecule has 3 N–H and O–H groups in total. The van der Waals surface area contributed by atoms with Gasteiger partial charge in [0.1, 0.15) is 23.0 Å². The number of hydrogen-bond acceptors (Lipinski definition) is 6. The van der Waals surface area contributed by atoms with Crippen LogP contribution in [0.1, 0.15) is 38.3 Å². The van der Waals surface area contributed by atoms with Crippen molar-refractivity contribution in [3.05, 3.63) is 17.2 Å². The van der Waals surface area contributed by atoms with Gasteiger partial charge in [-0.3, -0.25) is 4.79 Å². The fraction of sp³-hybridized carbons (Fsp3) is 0.429. The Balaban J connectivity index is 2.81. The van der Waals surface area contributed by atoms with Gasteiger partial charge in [0.15, 0.2) is 0 Å². The quantitative estimate of drug-likeness (QED) is 0.801. The predicted molar refractivity (Wildman–Crippen MR) is 81.3 cm³/mol. The van der Waals surface area contributed by atoms with Crippen LogP contribution in [0.3, 0.4) is 0 Å². The zero-order valence-electron chi connectivity index (χ0n) is 12.2. The van der Waals surface area contributed by atoms with Crippen LogP contribution in [0.2, 0.25) is 0 Å². The second-order valence-corrected chi connectivity index (χ2v) is 6.04. The van der Waals surface area contributed by atoms with Gasteiger partial charge < -0.3 is 11.1 Å². The maximum Gasteiger partial charge on any atom is 0.230 e. The number of nitriles is 2. The van der Waals surface area contributed by atoms with Gasteiger partial charge in [0.2, 0.25) is 5.91 Å². The molecule has 1 heterocycles. The zero-order chi connectivity index (χ0) is 16.0. The predicted octanol–water partition coefficient (Wildman–Crippen LogP) is 1.80. The maximum absolute atomic E-state index is 11.9. The molecule has 110 valence electrons. The Kier molecular flexibility index (Phi) is 5.57. The Morgan fingerprint density at radius 3 is 2.57 bits per heavy atom. The SMILES string of the molecule is CCC(C)(C)NC(=O)CSc1nc(N)c(C#N)cc1C#N. The monoisotopic (exact) mass is 303 g/mol. The van der Waals surface area contributed by atoms with Crippen molar-refractivity contribution < 1.29 is 4.79 Å². The molecule has 0 aromatic carbocycles. The molecule has 0 aliphatic rings. The van der Waals surface area contributed by atoms with Crippen molar-refractivity contribution in [3.8, 4) is 12.1 Å². The summed E-state index contributed by atoms with van der Waals surface area (Å²) in [5, 5.41) is 21.2. The van der Waals surface area contributed by atoms with Crippen LogP contribution >= 0.6 is 11.8 Å². The number of anilines is 1. The molecule has 0 atom stereocenters. The Morgan fingerprint density at radius 1 is 1.43 bits per heavy atom. The molecule has 1 amide bonds. The Bertz CT molecular complexity index is 627. The first-order chi connectivity index (χ1) is 9.82. The third-order valence-corrected chi connectivity index (χ3v) is 3.95. The zero-order valence-corrected chi connectivity index (χ0v) is 13.0. The highest BCUT2D eigenvalue weighted by Crippen LogP contribution is 2.23. The second-order valence-electron chi connectivity index (χ2n) is 5.07. The summed E-state index contributed by atoms with van der Waals surface area (Å²) in [5.74, 6) is 0.0602. The van der Waals surface area contributed by atoms with E-state index in [-0.39, 0.29) is 34.1 Å². The smallest absolute Gasteiger partial charge is 0.230 e. The molecular weight excluding hydrogens is 286 g/mol. The lowest BCUT2D eigenvalue weighted by atomic mass is 10.0. The molecule has 21 heavy (non-hydrogen) atoms. The van der Waals surface area contributed by atoms with Crippen LogP contribution < -0.4 is 11.1 Å². The number of carbonyl (C=O) groups is 1. The summed E-state index contributed by atoms with van der Waals surface area (Å²) in [6, 6.07) is 5.22. The normalized spacial score (nSPS) is 10.5. The van der Waals surface area contributed by atoms with E-state index < -0.39 is 0 Å². The molecular formula is C14H17N5OS. The Labute approximate surface area is 128 Å². The van der Waals surface area contributed by atoms with Crippen LogP contribution in [0.25, 0.3) is 0 Å². The van der Waals surface area contributed by atoms with Gasteiger partial charge in [-0.15, -0.1) is 0 Å². The minimum Gasteiger partial charge on any atom is -0.383 e. The fourth-order valence-corrected chi connectivity index (χ4v) is 2.19. The van der Waals surface area contributed by atoms with Gasteiger partial charge >= 0.3 is 0 Å². The number of nitrogens with one attached hydrogen (secondary N) is 1. The molecule has 0 saturated carbocycles. The number of nitrogen functional groups attached to an aromatic ring is 1. The summed E-state index contributed by atoms with van der Waals surface area (Å²) < 4.78 is 0. The van der Waals surface area contributed by atoms with Crippen molar-refractivity contribution in [1.82, 2.24) is 10.3 Å². The fourth-order valence-electron chi connectivity index (χ4n) is 1.43. The molecule has 0 unspecified atom stereocenters. The molecule has 1 aromatic heterocycles. The number of thioether (sulfide) groups is 1. The van der Waals surface area contributed by atoms with Gasteiger partial charge in [-0.05, 0) is 26.3 Å². The summed E-state index contributed by atoms with van der Waals surface area (Å²) in [6.07, 6.45) is 0.814.